The van der Waals surface area contributed by atoms with Crippen LogP contribution in [0.15, 0.2) is 36.7 Å². The van der Waals surface area contributed by atoms with E-state index in [9.17, 15) is 4.79 Å². The van der Waals surface area contributed by atoms with Gasteiger partial charge in [-0.15, -0.1) is 0 Å². The molecular formula is C17H21ClN4O. The van der Waals surface area contributed by atoms with Gasteiger partial charge >= 0.3 is 0 Å². The Kier molecular flexibility index (Phi) is 6.35. The van der Waals surface area contributed by atoms with Gasteiger partial charge in [-0.3, -0.25) is 4.79 Å². The highest BCUT2D eigenvalue weighted by atomic mass is 35.5. The second-order valence-electron chi connectivity index (χ2n) is 5.38. The molecule has 2 rings (SSSR count). The Morgan fingerprint density at radius 3 is 2.48 bits per heavy atom. The van der Waals surface area contributed by atoms with Gasteiger partial charge in [0.2, 0.25) is 5.95 Å². The molecule has 0 saturated heterocycles. The molecule has 0 fully saturated rings. The summed E-state index contributed by atoms with van der Waals surface area (Å²) in [6.45, 7) is 4.69. The molecule has 23 heavy (non-hydrogen) atoms. The fraction of sp³-hybridized carbons (Fsp3) is 0.353. The first-order chi connectivity index (χ1) is 11.1. The van der Waals surface area contributed by atoms with Crippen LogP contribution in [0.4, 0.5) is 5.95 Å². The van der Waals surface area contributed by atoms with Crippen LogP contribution in [0.2, 0.25) is 5.02 Å². The predicted octanol–water partition coefficient (Wildman–Crippen LogP) is 3.31. The maximum Gasteiger partial charge on any atom is 0.254 e. The summed E-state index contributed by atoms with van der Waals surface area (Å²) in [6, 6.07) is 7.89. The molecule has 0 aliphatic carbocycles. The monoisotopic (exact) mass is 332 g/mol. The number of hydrogen-bond acceptors (Lipinski definition) is 4. The van der Waals surface area contributed by atoms with E-state index in [-0.39, 0.29) is 5.91 Å². The lowest BCUT2D eigenvalue weighted by molar-refractivity contribution is 0.0953. The van der Waals surface area contributed by atoms with Crippen LogP contribution < -0.4 is 10.6 Å². The highest BCUT2D eigenvalue weighted by molar-refractivity contribution is 6.30. The van der Waals surface area contributed by atoms with Gasteiger partial charge in [-0.25, -0.2) is 9.97 Å². The van der Waals surface area contributed by atoms with Crippen molar-refractivity contribution in [3.05, 3.63) is 52.8 Å². The van der Waals surface area contributed by atoms with E-state index in [1.165, 1.54) is 12.4 Å². The number of nitrogens with one attached hydrogen (secondary N) is 2. The molecule has 0 spiro atoms. The number of rotatable bonds is 7. The molecule has 0 radical (unpaired) electrons. The van der Waals surface area contributed by atoms with Gasteiger partial charge in [0.1, 0.15) is 0 Å². The van der Waals surface area contributed by atoms with Gasteiger partial charge in [0.25, 0.3) is 5.91 Å². The first kappa shape index (κ1) is 17.2. The Morgan fingerprint density at radius 1 is 1.22 bits per heavy atom. The summed E-state index contributed by atoms with van der Waals surface area (Å²) in [4.78, 5) is 20.4. The molecule has 122 valence electrons. The number of anilines is 1. The second kappa shape index (κ2) is 8.48. The van der Waals surface area contributed by atoms with Gasteiger partial charge in [-0.05, 0) is 37.5 Å². The second-order valence-corrected chi connectivity index (χ2v) is 5.82. The molecule has 0 aliphatic rings. The summed E-state index contributed by atoms with van der Waals surface area (Å²) >= 11 is 5.84. The van der Waals surface area contributed by atoms with E-state index in [0.717, 1.165) is 18.4 Å². The van der Waals surface area contributed by atoms with E-state index >= 15 is 0 Å². The van der Waals surface area contributed by atoms with E-state index in [1.807, 2.05) is 24.3 Å². The first-order valence-electron chi connectivity index (χ1n) is 7.69. The Morgan fingerprint density at radius 2 is 1.87 bits per heavy atom. The molecule has 1 amide bonds. The fourth-order valence-corrected chi connectivity index (χ4v) is 2.04. The van der Waals surface area contributed by atoms with E-state index in [1.54, 1.807) is 0 Å². The lowest BCUT2D eigenvalue weighted by Gasteiger charge is -2.11. The molecular weight excluding hydrogens is 312 g/mol. The standard InChI is InChI=1S/C17H21ClN4O/c1-3-12(2)22-17-20-10-14(11-21-17)16(23)19-9-8-13-4-6-15(18)7-5-13/h4-7,10-12H,3,8-9H2,1-2H3,(H,19,23)(H,20,21,22). The number of aromatic nitrogens is 2. The average molecular weight is 333 g/mol. The molecule has 1 atom stereocenters. The number of amides is 1. The van der Waals surface area contributed by atoms with Crippen LogP contribution in [0.25, 0.3) is 0 Å². The summed E-state index contributed by atoms with van der Waals surface area (Å²) < 4.78 is 0. The van der Waals surface area contributed by atoms with Gasteiger partial charge in [0, 0.05) is 30.0 Å². The third-order valence-electron chi connectivity index (χ3n) is 3.51. The zero-order valence-electron chi connectivity index (χ0n) is 13.3. The zero-order valence-corrected chi connectivity index (χ0v) is 14.1. The minimum absolute atomic E-state index is 0.172. The lowest BCUT2D eigenvalue weighted by Crippen LogP contribution is -2.26. The summed E-state index contributed by atoms with van der Waals surface area (Å²) in [6.07, 6.45) is 4.80. The van der Waals surface area contributed by atoms with E-state index in [0.29, 0.717) is 29.1 Å². The van der Waals surface area contributed by atoms with Crippen molar-refractivity contribution in [2.75, 3.05) is 11.9 Å². The number of nitrogens with zero attached hydrogens (tertiary/aromatic N) is 2. The molecule has 5 nitrogen and oxygen atoms in total. The summed E-state index contributed by atoms with van der Waals surface area (Å²) in [5, 5.41) is 6.73. The van der Waals surface area contributed by atoms with Crippen molar-refractivity contribution in [2.24, 2.45) is 0 Å². The molecule has 0 aliphatic heterocycles. The van der Waals surface area contributed by atoms with Crippen molar-refractivity contribution < 1.29 is 4.79 Å². The van der Waals surface area contributed by atoms with Gasteiger partial charge in [-0.2, -0.15) is 0 Å². The topological polar surface area (TPSA) is 66.9 Å². The van der Waals surface area contributed by atoms with E-state index < -0.39 is 0 Å². The van der Waals surface area contributed by atoms with Crippen molar-refractivity contribution in [1.29, 1.82) is 0 Å². The molecule has 1 heterocycles. The van der Waals surface area contributed by atoms with Crippen LogP contribution in [-0.2, 0) is 6.42 Å². The molecule has 2 aromatic rings. The van der Waals surface area contributed by atoms with Crippen LogP contribution in [0.1, 0.15) is 36.2 Å². The summed E-state index contributed by atoms with van der Waals surface area (Å²) in [5.74, 6) is 0.367. The van der Waals surface area contributed by atoms with Crippen molar-refractivity contribution in [3.8, 4) is 0 Å². The SMILES string of the molecule is CCC(C)Nc1ncc(C(=O)NCCc2ccc(Cl)cc2)cn1. The number of carbonyl (C=O) groups is 1. The van der Waals surface area contributed by atoms with Gasteiger partial charge in [-0.1, -0.05) is 30.7 Å². The fourth-order valence-electron chi connectivity index (χ4n) is 1.92. The summed E-state index contributed by atoms with van der Waals surface area (Å²) in [7, 11) is 0. The Balaban J connectivity index is 1.82. The third kappa shape index (κ3) is 5.53. The Labute approximate surface area is 141 Å². The molecule has 0 bridgehead atoms. The smallest absolute Gasteiger partial charge is 0.254 e. The van der Waals surface area contributed by atoms with Gasteiger partial charge in [0.05, 0.1) is 5.56 Å². The highest BCUT2D eigenvalue weighted by Gasteiger charge is 2.07. The quantitative estimate of drug-likeness (QED) is 0.816. The van der Waals surface area contributed by atoms with Gasteiger partial charge in [0.15, 0.2) is 0 Å². The molecule has 1 aromatic carbocycles. The number of halogens is 1. The highest BCUT2D eigenvalue weighted by Crippen LogP contribution is 2.09. The molecule has 0 saturated carbocycles. The largest absolute Gasteiger partial charge is 0.352 e. The van der Waals surface area contributed by atoms with E-state index in [2.05, 4.69) is 34.4 Å². The average Bonchev–Trinajstić information content (AvgIpc) is 2.57. The predicted molar refractivity (Wildman–Crippen MR) is 92.9 cm³/mol. The van der Waals surface area contributed by atoms with Crippen LogP contribution in [-0.4, -0.2) is 28.5 Å². The Hall–Kier alpha value is -2.14. The third-order valence-corrected chi connectivity index (χ3v) is 3.77. The normalized spacial score (nSPS) is 11.8. The number of hydrogen-bond donors (Lipinski definition) is 2. The maximum atomic E-state index is 12.0. The van der Waals surface area contributed by atoms with Crippen LogP contribution in [0.3, 0.4) is 0 Å². The Bertz CT molecular complexity index is 628. The first-order valence-corrected chi connectivity index (χ1v) is 8.07. The zero-order chi connectivity index (χ0) is 16.7. The van der Waals surface area contributed by atoms with Crippen LogP contribution in [0, 0.1) is 0 Å². The molecule has 2 N–H and O–H groups in total. The van der Waals surface area contributed by atoms with Crippen molar-refractivity contribution in [1.82, 2.24) is 15.3 Å². The number of carbonyl (C=O) groups excluding carboxylic acids is 1. The van der Waals surface area contributed by atoms with Crippen LogP contribution in [0.5, 0.6) is 0 Å². The minimum atomic E-state index is -0.172. The minimum Gasteiger partial charge on any atom is -0.352 e. The van der Waals surface area contributed by atoms with Crippen molar-refractivity contribution >= 4 is 23.5 Å². The lowest BCUT2D eigenvalue weighted by atomic mass is 10.1. The van der Waals surface area contributed by atoms with Crippen molar-refractivity contribution in [2.45, 2.75) is 32.7 Å². The summed E-state index contributed by atoms with van der Waals surface area (Å²) in [5.41, 5.74) is 1.58. The van der Waals surface area contributed by atoms with Crippen LogP contribution >= 0.6 is 11.6 Å². The number of benzene rings is 1. The molecule has 6 heteroatoms. The van der Waals surface area contributed by atoms with Gasteiger partial charge < -0.3 is 10.6 Å². The maximum absolute atomic E-state index is 12.0. The van der Waals surface area contributed by atoms with E-state index in [4.69, 9.17) is 11.6 Å². The molecule has 1 unspecified atom stereocenters. The molecule has 1 aromatic heterocycles. The van der Waals surface area contributed by atoms with Crippen molar-refractivity contribution in [3.63, 3.8) is 0 Å².